The van der Waals surface area contributed by atoms with E-state index in [1.54, 1.807) is 0 Å². The molecule has 3 aromatic carbocycles. The smallest absolute Gasteiger partial charge is 0.0645 e. The molecule has 140 valence electrons. The lowest BCUT2D eigenvalue weighted by Crippen LogP contribution is -2.33. The molecule has 3 nitrogen and oxygen atoms in total. The minimum atomic E-state index is -0.0390. The molecular formula is C25H25N3. The van der Waals surface area contributed by atoms with Crippen LogP contribution < -0.4 is 9.91 Å². The van der Waals surface area contributed by atoms with Gasteiger partial charge in [-0.05, 0) is 40.6 Å². The van der Waals surface area contributed by atoms with Gasteiger partial charge in [-0.3, -0.25) is 5.01 Å². The molecule has 0 aliphatic carbocycles. The van der Waals surface area contributed by atoms with Gasteiger partial charge in [-0.25, -0.2) is 0 Å². The molecule has 2 aliphatic rings. The molecule has 0 N–H and O–H groups in total. The highest BCUT2D eigenvalue weighted by atomic mass is 15.4. The highest BCUT2D eigenvalue weighted by Crippen LogP contribution is 2.51. The molecule has 2 aliphatic heterocycles. The Hall–Kier alpha value is -3.07. The van der Waals surface area contributed by atoms with Gasteiger partial charge in [0.2, 0.25) is 0 Å². The van der Waals surface area contributed by atoms with Crippen molar-refractivity contribution in [2.75, 3.05) is 23.5 Å². The van der Waals surface area contributed by atoms with E-state index in [1.165, 1.54) is 27.7 Å². The van der Waals surface area contributed by atoms with Crippen LogP contribution in [0.15, 0.2) is 83.6 Å². The standard InChI is InChI=1S/C25H25N3/c1-25(2)23-17-19(26-27(3)20-10-5-4-6-11-20)15-16-28(23)22-14-13-18-9-7-8-12-21(18)24(22)25/h4-14,17H,15-16H2,1-3H3/b26-19-. The zero-order valence-corrected chi connectivity index (χ0v) is 16.7. The monoisotopic (exact) mass is 367 g/mol. The molecule has 0 atom stereocenters. The molecule has 28 heavy (non-hydrogen) atoms. The maximum Gasteiger partial charge on any atom is 0.0645 e. The molecule has 0 saturated carbocycles. The van der Waals surface area contributed by atoms with Crippen molar-refractivity contribution in [2.45, 2.75) is 25.7 Å². The predicted molar refractivity (Wildman–Crippen MR) is 119 cm³/mol. The van der Waals surface area contributed by atoms with Gasteiger partial charge in [-0.1, -0.05) is 62.4 Å². The highest BCUT2D eigenvalue weighted by Gasteiger charge is 2.42. The Kier molecular flexibility index (Phi) is 3.80. The molecule has 0 spiro atoms. The molecular weight excluding hydrogens is 342 g/mol. The summed E-state index contributed by atoms with van der Waals surface area (Å²) in [7, 11) is 2.02. The van der Waals surface area contributed by atoms with Crippen LogP contribution in [0.5, 0.6) is 0 Å². The van der Waals surface area contributed by atoms with Gasteiger partial charge in [0.25, 0.3) is 0 Å². The molecule has 0 bridgehead atoms. The maximum atomic E-state index is 4.90. The van der Waals surface area contributed by atoms with Crippen LogP contribution in [0.3, 0.4) is 0 Å². The molecule has 3 aromatic rings. The minimum Gasteiger partial charge on any atom is -0.343 e. The molecule has 3 heteroatoms. The molecule has 0 fully saturated rings. The Labute approximate surface area is 166 Å². The number of hydrogen-bond donors (Lipinski definition) is 0. The second-order valence-electron chi connectivity index (χ2n) is 8.19. The van der Waals surface area contributed by atoms with Gasteiger partial charge in [-0.2, -0.15) is 5.10 Å². The first-order valence-corrected chi connectivity index (χ1v) is 9.94. The minimum absolute atomic E-state index is 0.0390. The zero-order chi connectivity index (χ0) is 19.3. The van der Waals surface area contributed by atoms with E-state index in [-0.39, 0.29) is 5.41 Å². The van der Waals surface area contributed by atoms with Crippen LogP contribution in [0.1, 0.15) is 25.8 Å². The third-order valence-corrected chi connectivity index (χ3v) is 6.06. The van der Waals surface area contributed by atoms with Crippen LogP contribution in [-0.4, -0.2) is 19.3 Å². The lowest BCUT2D eigenvalue weighted by atomic mass is 9.80. The zero-order valence-electron chi connectivity index (χ0n) is 16.7. The number of benzene rings is 3. The van der Waals surface area contributed by atoms with E-state index in [0.717, 1.165) is 24.4 Å². The lowest BCUT2D eigenvalue weighted by molar-refractivity contribution is 0.632. The van der Waals surface area contributed by atoms with Crippen molar-refractivity contribution in [1.29, 1.82) is 0 Å². The van der Waals surface area contributed by atoms with E-state index in [1.807, 2.05) is 18.1 Å². The van der Waals surface area contributed by atoms with Crippen molar-refractivity contribution in [3.05, 3.63) is 84.1 Å². The maximum absolute atomic E-state index is 4.90. The number of para-hydroxylation sites is 1. The summed E-state index contributed by atoms with van der Waals surface area (Å²) in [5.74, 6) is 0. The normalized spacial score (nSPS) is 18.8. The molecule has 0 unspecified atom stereocenters. The van der Waals surface area contributed by atoms with Gasteiger partial charge >= 0.3 is 0 Å². The topological polar surface area (TPSA) is 18.8 Å². The van der Waals surface area contributed by atoms with E-state index in [0.29, 0.717) is 0 Å². The molecule has 0 radical (unpaired) electrons. The fraction of sp³-hybridized carbons (Fsp3) is 0.240. The first-order valence-electron chi connectivity index (χ1n) is 9.94. The SMILES string of the molecule is CN(/N=C1\C=C2N(CC1)c1ccc3ccccc3c1C2(C)C)c1ccccc1. The number of rotatable bonds is 2. The predicted octanol–water partition coefficient (Wildman–Crippen LogP) is 5.72. The second kappa shape index (κ2) is 6.23. The summed E-state index contributed by atoms with van der Waals surface area (Å²) in [5, 5.41) is 9.56. The van der Waals surface area contributed by atoms with Crippen molar-refractivity contribution in [3.63, 3.8) is 0 Å². The quantitative estimate of drug-likeness (QED) is 0.540. The summed E-state index contributed by atoms with van der Waals surface area (Å²) in [5.41, 5.74) is 6.35. The van der Waals surface area contributed by atoms with Gasteiger partial charge in [0.15, 0.2) is 0 Å². The fourth-order valence-electron chi connectivity index (χ4n) is 4.67. The van der Waals surface area contributed by atoms with Gasteiger partial charge in [0.1, 0.15) is 0 Å². The average Bonchev–Trinajstić information content (AvgIpc) is 2.96. The van der Waals surface area contributed by atoms with Gasteiger partial charge in [-0.15, -0.1) is 0 Å². The summed E-state index contributed by atoms with van der Waals surface area (Å²) in [6, 6.07) is 23.6. The Morgan fingerprint density at radius 2 is 1.68 bits per heavy atom. The van der Waals surface area contributed by atoms with Crippen LogP contribution in [0, 0.1) is 0 Å². The third-order valence-electron chi connectivity index (χ3n) is 6.06. The van der Waals surface area contributed by atoms with E-state index in [4.69, 9.17) is 5.10 Å². The summed E-state index contributed by atoms with van der Waals surface area (Å²) in [4.78, 5) is 2.49. The first kappa shape index (κ1) is 17.1. The summed E-state index contributed by atoms with van der Waals surface area (Å²) < 4.78 is 0. The number of hydrazone groups is 1. The molecule has 5 rings (SSSR count). The van der Waals surface area contributed by atoms with Crippen molar-refractivity contribution < 1.29 is 0 Å². The van der Waals surface area contributed by atoms with Crippen LogP contribution in [0.4, 0.5) is 11.4 Å². The first-order chi connectivity index (χ1) is 13.6. The Balaban J connectivity index is 1.59. The third kappa shape index (κ3) is 2.54. The number of hydrogen-bond acceptors (Lipinski definition) is 3. The molecule has 0 saturated heterocycles. The van der Waals surface area contributed by atoms with Crippen molar-refractivity contribution in [2.24, 2.45) is 5.10 Å². The molecule has 2 heterocycles. The van der Waals surface area contributed by atoms with Crippen LogP contribution in [-0.2, 0) is 5.41 Å². The summed E-state index contributed by atoms with van der Waals surface area (Å²) in [6.07, 6.45) is 3.25. The highest BCUT2D eigenvalue weighted by molar-refractivity contribution is 6.02. The van der Waals surface area contributed by atoms with E-state index in [2.05, 4.69) is 85.5 Å². The summed E-state index contributed by atoms with van der Waals surface area (Å²) >= 11 is 0. The number of fused-ring (bicyclic) bond motifs is 5. The number of nitrogens with zero attached hydrogens (tertiary/aromatic N) is 3. The van der Waals surface area contributed by atoms with E-state index >= 15 is 0 Å². The molecule has 0 amide bonds. The van der Waals surface area contributed by atoms with Crippen LogP contribution >= 0.6 is 0 Å². The van der Waals surface area contributed by atoms with Gasteiger partial charge < -0.3 is 4.90 Å². The lowest BCUT2D eigenvalue weighted by Gasteiger charge is -2.31. The van der Waals surface area contributed by atoms with Crippen molar-refractivity contribution >= 4 is 27.9 Å². The number of allylic oxidation sites excluding steroid dienone is 2. The van der Waals surface area contributed by atoms with Crippen LogP contribution in [0.2, 0.25) is 0 Å². The average molecular weight is 367 g/mol. The largest absolute Gasteiger partial charge is 0.343 e. The Morgan fingerprint density at radius 1 is 0.929 bits per heavy atom. The molecule has 0 aromatic heterocycles. The number of anilines is 2. The van der Waals surface area contributed by atoms with Gasteiger partial charge in [0.05, 0.1) is 11.4 Å². The van der Waals surface area contributed by atoms with Gasteiger partial charge in [0, 0.05) is 36.8 Å². The summed E-state index contributed by atoms with van der Waals surface area (Å²) in [6.45, 7) is 5.66. The second-order valence-corrected chi connectivity index (χ2v) is 8.19. The Morgan fingerprint density at radius 3 is 2.50 bits per heavy atom. The fourth-order valence-corrected chi connectivity index (χ4v) is 4.67. The van der Waals surface area contributed by atoms with Crippen LogP contribution in [0.25, 0.3) is 10.8 Å². The van der Waals surface area contributed by atoms with E-state index < -0.39 is 0 Å². The Bertz CT molecular complexity index is 1110. The van der Waals surface area contributed by atoms with E-state index in [9.17, 15) is 0 Å². The van der Waals surface area contributed by atoms with Crippen molar-refractivity contribution in [3.8, 4) is 0 Å². The van der Waals surface area contributed by atoms with Crippen molar-refractivity contribution in [1.82, 2.24) is 0 Å².